The number of carbonyl (C=O) groups excluding carboxylic acids is 1. The molecule has 88 valence electrons. The monoisotopic (exact) mass is 214 g/mol. The van der Waals surface area contributed by atoms with Gasteiger partial charge < -0.3 is 15.7 Å². The van der Waals surface area contributed by atoms with Crippen molar-refractivity contribution in [3.63, 3.8) is 0 Å². The molecule has 0 aliphatic carbocycles. The maximum absolute atomic E-state index is 11.9. The van der Waals surface area contributed by atoms with E-state index in [1.807, 2.05) is 0 Å². The molecule has 0 radical (unpaired) electrons. The van der Waals surface area contributed by atoms with Gasteiger partial charge in [-0.2, -0.15) is 0 Å². The van der Waals surface area contributed by atoms with Gasteiger partial charge in [-0.05, 0) is 31.7 Å². The number of hydrogen-bond acceptors (Lipinski definition) is 3. The van der Waals surface area contributed by atoms with E-state index < -0.39 is 0 Å². The van der Waals surface area contributed by atoms with Crippen molar-refractivity contribution in [2.24, 2.45) is 5.41 Å². The van der Waals surface area contributed by atoms with Gasteiger partial charge in [0.15, 0.2) is 0 Å². The predicted octanol–water partition coefficient (Wildman–Crippen LogP) is 0.262. The van der Waals surface area contributed by atoms with Crippen molar-refractivity contribution in [1.82, 2.24) is 10.6 Å². The van der Waals surface area contributed by atoms with Crippen LogP contribution < -0.4 is 10.6 Å². The molecule has 15 heavy (non-hydrogen) atoms. The molecule has 1 unspecified atom stereocenters. The number of aliphatic hydroxyl groups excluding tert-OH is 1. The van der Waals surface area contributed by atoms with Crippen molar-refractivity contribution in [3.05, 3.63) is 0 Å². The zero-order chi connectivity index (χ0) is 11.5. The first kappa shape index (κ1) is 12.5. The van der Waals surface area contributed by atoms with Crippen LogP contribution in [0.2, 0.25) is 0 Å². The molecule has 1 aliphatic rings. The SMILES string of the molecule is C[C@@H](CO)NC(=O)C1NCCCC1(C)C. The molecular formula is C11H22N2O2. The second kappa shape index (κ2) is 4.94. The molecule has 1 saturated heterocycles. The summed E-state index contributed by atoms with van der Waals surface area (Å²) in [5, 5.41) is 14.9. The smallest absolute Gasteiger partial charge is 0.237 e. The lowest BCUT2D eigenvalue weighted by molar-refractivity contribution is -0.127. The molecule has 2 atom stereocenters. The van der Waals surface area contributed by atoms with E-state index in [1.54, 1.807) is 6.92 Å². The Hall–Kier alpha value is -0.610. The van der Waals surface area contributed by atoms with Crippen molar-refractivity contribution in [2.75, 3.05) is 13.2 Å². The molecule has 1 fully saturated rings. The lowest BCUT2D eigenvalue weighted by atomic mass is 9.77. The van der Waals surface area contributed by atoms with Gasteiger partial charge in [0, 0.05) is 6.04 Å². The Bertz CT molecular complexity index is 229. The highest BCUT2D eigenvalue weighted by atomic mass is 16.3. The fourth-order valence-electron chi connectivity index (χ4n) is 2.03. The largest absolute Gasteiger partial charge is 0.394 e. The third-order valence-corrected chi connectivity index (χ3v) is 3.05. The van der Waals surface area contributed by atoms with Crippen LogP contribution in [0.1, 0.15) is 33.6 Å². The van der Waals surface area contributed by atoms with Crippen LogP contribution in [0.3, 0.4) is 0 Å². The molecule has 1 aliphatic heterocycles. The first-order valence-corrected chi connectivity index (χ1v) is 5.62. The number of carbonyl (C=O) groups is 1. The Morgan fingerprint density at radius 2 is 2.33 bits per heavy atom. The average Bonchev–Trinajstić information content (AvgIpc) is 2.16. The van der Waals surface area contributed by atoms with Crippen molar-refractivity contribution in [1.29, 1.82) is 0 Å². The van der Waals surface area contributed by atoms with Crippen LogP contribution in [0.15, 0.2) is 0 Å². The Morgan fingerprint density at radius 1 is 1.67 bits per heavy atom. The minimum absolute atomic E-state index is 0.00116. The maximum atomic E-state index is 11.9. The van der Waals surface area contributed by atoms with E-state index in [2.05, 4.69) is 24.5 Å². The summed E-state index contributed by atoms with van der Waals surface area (Å²) >= 11 is 0. The second-order valence-electron chi connectivity index (χ2n) is 5.07. The molecule has 4 nitrogen and oxygen atoms in total. The van der Waals surface area contributed by atoms with Crippen LogP contribution in [-0.2, 0) is 4.79 Å². The second-order valence-corrected chi connectivity index (χ2v) is 5.07. The Kier molecular flexibility index (Phi) is 4.11. The molecule has 1 amide bonds. The highest BCUT2D eigenvalue weighted by molar-refractivity contribution is 5.83. The van der Waals surface area contributed by atoms with E-state index in [9.17, 15) is 4.79 Å². The lowest BCUT2D eigenvalue weighted by Gasteiger charge is -2.38. The summed E-state index contributed by atoms with van der Waals surface area (Å²) in [6.45, 7) is 6.89. The van der Waals surface area contributed by atoms with Gasteiger partial charge in [0.05, 0.1) is 12.6 Å². The van der Waals surface area contributed by atoms with Crippen molar-refractivity contribution >= 4 is 5.91 Å². The van der Waals surface area contributed by atoms with Gasteiger partial charge in [-0.25, -0.2) is 0 Å². The standard InChI is InChI=1S/C11H22N2O2/c1-8(7-14)13-10(15)9-11(2,3)5-4-6-12-9/h8-9,12,14H,4-7H2,1-3H3,(H,13,15)/t8-,9?/m0/s1. The van der Waals surface area contributed by atoms with Gasteiger partial charge in [-0.1, -0.05) is 13.8 Å². The minimum atomic E-state index is -0.169. The topological polar surface area (TPSA) is 61.4 Å². The van der Waals surface area contributed by atoms with Crippen LogP contribution in [0.25, 0.3) is 0 Å². The summed E-state index contributed by atoms with van der Waals surface area (Å²) in [6.07, 6.45) is 2.18. The van der Waals surface area contributed by atoms with Gasteiger partial charge in [-0.3, -0.25) is 4.79 Å². The first-order valence-electron chi connectivity index (χ1n) is 5.62. The molecule has 0 spiro atoms. The summed E-state index contributed by atoms with van der Waals surface area (Å²) in [7, 11) is 0. The Morgan fingerprint density at radius 3 is 2.87 bits per heavy atom. The number of nitrogens with one attached hydrogen (secondary N) is 2. The highest BCUT2D eigenvalue weighted by Crippen LogP contribution is 2.30. The zero-order valence-electron chi connectivity index (χ0n) is 9.84. The Balaban J connectivity index is 2.57. The van der Waals surface area contributed by atoms with Crippen molar-refractivity contribution < 1.29 is 9.90 Å². The molecule has 0 aromatic heterocycles. The van der Waals surface area contributed by atoms with Gasteiger partial charge in [0.1, 0.15) is 0 Å². The summed E-state index contributed by atoms with van der Waals surface area (Å²) < 4.78 is 0. The first-order chi connectivity index (χ1) is 6.97. The molecule has 3 N–H and O–H groups in total. The number of hydrogen-bond donors (Lipinski definition) is 3. The summed E-state index contributed by atoms with van der Waals surface area (Å²) in [5.41, 5.74) is -0.00247. The van der Waals surface area contributed by atoms with Gasteiger partial charge in [0.2, 0.25) is 5.91 Å². The quantitative estimate of drug-likeness (QED) is 0.631. The average molecular weight is 214 g/mol. The van der Waals surface area contributed by atoms with E-state index >= 15 is 0 Å². The lowest BCUT2D eigenvalue weighted by Crippen LogP contribution is -2.57. The van der Waals surface area contributed by atoms with Crippen LogP contribution in [-0.4, -0.2) is 36.2 Å². The third-order valence-electron chi connectivity index (χ3n) is 3.05. The number of piperidine rings is 1. The minimum Gasteiger partial charge on any atom is -0.394 e. The summed E-state index contributed by atoms with van der Waals surface area (Å²) in [6, 6.07) is -0.308. The predicted molar refractivity (Wildman–Crippen MR) is 59.5 cm³/mol. The van der Waals surface area contributed by atoms with E-state index in [4.69, 9.17) is 5.11 Å². The Labute approximate surface area is 91.4 Å². The van der Waals surface area contributed by atoms with Gasteiger partial charge in [0.25, 0.3) is 0 Å². The van der Waals surface area contributed by atoms with Crippen molar-refractivity contribution in [3.8, 4) is 0 Å². The molecule has 1 heterocycles. The fourth-order valence-corrected chi connectivity index (χ4v) is 2.03. The third kappa shape index (κ3) is 3.18. The molecule has 1 rings (SSSR count). The van der Waals surface area contributed by atoms with Crippen LogP contribution in [0.5, 0.6) is 0 Å². The fraction of sp³-hybridized carbons (Fsp3) is 0.909. The normalized spacial score (nSPS) is 27.1. The summed E-state index contributed by atoms with van der Waals surface area (Å²) in [5.74, 6) is 0.00116. The molecule has 0 bridgehead atoms. The molecule has 0 aromatic carbocycles. The number of aliphatic hydroxyl groups is 1. The van der Waals surface area contributed by atoms with Crippen LogP contribution >= 0.6 is 0 Å². The van der Waals surface area contributed by atoms with E-state index in [0.29, 0.717) is 0 Å². The van der Waals surface area contributed by atoms with E-state index in [0.717, 1.165) is 19.4 Å². The van der Waals surface area contributed by atoms with Gasteiger partial charge in [-0.15, -0.1) is 0 Å². The van der Waals surface area contributed by atoms with Gasteiger partial charge >= 0.3 is 0 Å². The zero-order valence-corrected chi connectivity index (χ0v) is 9.84. The highest BCUT2D eigenvalue weighted by Gasteiger charge is 2.37. The maximum Gasteiger partial charge on any atom is 0.237 e. The van der Waals surface area contributed by atoms with E-state index in [-0.39, 0.29) is 30.0 Å². The number of amides is 1. The van der Waals surface area contributed by atoms with Crippen molar-refractivity contribution in [2.45, 2.75) is 45.7 Å². The molecule has 4 heteroatoms. The summed E-state index contributed by atoms with van der Waals surface area (Å²) in [4.78, 5) is 11.9. The molecule has 0 aromatic rings. The molecule has 0 saturated carbocycles. The number of rotatable bonds is 3. The van der Waals surface area contributed by atoms with Crippen LogP contribution in [0.4, 0.5) is 0 Å². The van der Waals surface area contributed by atoms with E-state index in [1.165, 1.54) is 0 Å². The van der Waals surface area contributed by atoms with Crippen LogP contribution in [0, 0.1) is 5.41 Å². The molecular weight excluding hydrogens is 192 g/mol.